The number of piperazine rings is 1. The van der Waals surface area contributed by atoms with Crippen LogP contribution in [0.1, 0.15) is 41.1 Å². The molecule has 0 bridgehead atoms. The maximum absolute atomic E-state index is 12.7. The van der Waals surface area contributed by atoms with Gasteiger partial charge in [-0.1, -0.05) is 13.8 Å². The van der Waals surface area contributed by atoms with Gasteiger partial charge in [-0.05, 0) is 37.3 Å². The number of carbonyl (C=O) groups excluding carboxylic acids is 1. The van der Waals surface area contributed by atoms with Crippen LogP contribution in [0.15, 0.2) is 5.38 Å². The molecule has 0 aromatic carbocycles. The number of hydrogen-bond acceptors (Lipinski definition) is 3. The third kappa shape index (κ3) is 2.63. The molecular weight excluding hydrogens is 268 g/mol. The molecule has 2 heterocycles. The van der Waals surface area contributed by atoms with E-state index in [1.807, 2.05) is 4.90 Å². The second kappa shape index (κ2) is 5.86. The van der Waals surface area contributed by atoms with E-state index < -0.39 is 0 Å². The van der Waals surface area contributed by atoms with Crippen molar-refractivity contribution in [1.82, 2.24) is 9.80 Å². The van der Waals surface area contributed by atoms with E-state index in [9.17, 15) is 4.79 Å². The summed E-state index contributed by atoms with van der Waals surface area (Å²) in [6.07, 6.45) is 3.49. The first kappa shape index (κ1) is 14.1. The minimum atomic E-state index is 0.271. The molecule has 3 nitrogen and oxygen atoms in total. The Morgan fingerprint density at radius 3 is 2.80 bits per heavy atom. The van der Waals surface area contributed by atoms with Gasteiger partial charge in [0.05, 0.1) is 5.56 Å². The molecule has 0 radical (unpaired) electrons. The van der Waals surface area contributed by atoms with E-state index in [4.69, 9.17) is 0 Å². The van der Waals surface area contributed by atoms with Crippen LogP contribution in [0, 0.1) is 5.92 Å². The highest BCUT2D eigenvalue weighted by Gasteiger charge is 2.27. The monoisotopic (exact) mass is 292 g/mol. The van der Waals surface area contributed by atoms with Crippen LogP contribution < -0.4 is 0 Å². The van der Waals surface area contributed by atoms with E-state index in [1.54, 1.807) is 11.3 Å². The van der Waals surface area contributed by atoms with Crippen molar-refractivity contribution in [2.24, 2.45) is 5.92 Å². The molecule has 4 heteroatoms. The fraction of sp³-hybridized carbons (Fsp3) is 0.688. The fourth-order valence-corrected chi connectivity index (χ4v) is 4.53. The molecule has 1 aliphatic heterocycles. The van der Waals surface area contributed by atoms with Crippen molar-refractivity contribution in [3.8, 4) is 0 Å². The van der Waals surface area contributed by atoms with Gasteiger partial charge < -0.3 is 9.80 Å². The molecule has 1 fully saturated rings. The van der Waals surface area contributed by atoms with Crippen molar-refractivity contribution >= 4 is 17.2 Å². The quantitative estimate of drug-likeness (QED) is 0.836. The summed E-state index contributed by atoms with van der Waals surface area (Å²) in [6, 6.07) is 0. The number of carbonyl (C=O) groups is 1. The molecule has 0 spiro atoms. The normalized spacial score (nSPS) is 23.7. The highest BCUT2D eigenvalue weighted by Crippen LogP contribution is 2.33. The Balaban J connectivity index is 1.72. The minimum Gasteiger partial charge on any atom is -0.336 e. The number of fused-ring (bicyclic) bond motifs is 1. The first-order chi connectivity index (χ1) is 9.69. The average Bonchev–Trinajstić information content (AvgIpc) is 2.89. The summed E-state index contributed by atoms with van der Waals surface area (Å²) in [7, 11) is 0. The molecule has 1 saturated heterocycles. The topological polar surface area (TPSA) is 23.6 Å². The number of amides is 1. The van der Waals surface area contributed by atoms with Crippen molar-refractivity contribution in [2.75, 3.05) is 32.7 Å². The Morgan fingerprint density at radius 1 is 1.35 bits per heavy atom. The molecule has 1 aromatic rings. The Labute approximate surface area is 125 Å². The van der Waals surface area contributed by atoms with Gasteiger partial charge in [-0.2, -0.15) is 0 Å². The van der Waals surface area contributed by atoms with Crippen molar-refractivity contribution in [3.63, 3.8) is 0 Å². The molecule has 0 unspecified atom stereocenters. The number of hydrogen-bond donors (Lipinski definition) is 0. The lowest BCUT2D eigenvalue weighted by atomic mass is 9.88. The van der Waals surface area contributed by atoms with Crippen molar-refractivity contribution in [3.05, 3.63) is 21.4 Å². The van der Waals surface area contributed by atoms with Crippen molar-refractivity contribution < 1.29 is 4.79 Å². The Hall–Kier alpha value is -0.870. The van der Waals surface area contributed by atoms with Gasteiger partial charge in [-0.25, -0.2) is 0 Å². The lowest BCUT2D eigenvalue weighted by molar-refractivity contribution is 0.0642. The Bertz CT molecular complexity index is 489. The zero-order valence-corrected chi connectivity index (χ0v) is 13.3. The van der Waals surface area contributed by atoms with Crippen LogP contribution in [0.5, 0.6) is 0 Å². The van der Waals surface area contributed by atoms with Gasteiger partial charge >= 0.3 is 0 Å². The largest absolute Gasteiger partial charge is 0.336 e. The van der Waals surface area contributed by atoms with E-state index >= 15 is 0 Å². The minimum absolute atomic E-state index is 0.271. The van der Waals surface area contributed by atoms with E-state index in [1.165, 1.54) is 16.9 Å². The van der Waals surface area contributed by atoms with Crippen LogP contribution >= 0.6 is 11.3 Å². The molecule has 20 heavy (non-hydrogen) atoms. The molecular formula is C16H24N2OS. The molecule has 1 aromatic heterocycles. The SMILES string of the molecule is CCN1CCN(C(=O)c2csc3c2CC[C@@H](C)C3)CC1. The summed E-state index contributed by atoms with van der Waals surface area (Å²) in [5.41, 5.74) is 2.36. The number of rotatable bonds is 2. The molecule has 3 rings (SSSR count). The van der Waals surface area contributed by atoms with E-state index in [2.05, 4.69) is 24.1 Å². The van der Waals surface area contributed by atoms with Gasteiger partial charge in [-0.3, -0.25) is 4.79 Å². The third-order valence-corrected chi connectivity index (χ3v) is 5.79. The number of thiophene rings is 1. The average molecular weight is 292 g/mol. The summed E-state index contributed by atoms with van der Waals surface area (Å²) in [6.45, 7) is 9.40. The van der Waals surface area contributed by atoms with Crippen LogP contribution in [0.3, 0.4) is 0 Å². The van der Waals surface area contributed by atoms with Gasteiger partial charge in [0.15, 0.2) is 0 Å². The fourth-order valence-electron chi connectivity index (χ4n) is 3.29. The standard InChI is InChI=1S/C16H24N2OS/c1-3-17-6-8-18(9-7-17)16(19)14-11-20-15-10-12(2)4-5-13(14)15/h11-12H,3-10H2,1-2H3/t12-/m1/s1. The van der Waals surface area contributed by atoms with Gasteiger partial charge in [-0.15, -0.1) is 11.3 Å². The molecule has 0 saturated carbocycles. The maximum Gasteiger partial charge on any atom is 0.255 e. The first-order valence-electron chi connectivity index (χ1n) is 7.80. The maximum atomic E-state index is 12.7. The smallest absolute Gasteiger partial charge is 0.255 e. The van der Waals surface area contributed by atoms with Crippen LogP contribution in [-0.2, 0) is 12.8 Å². The van der Waals surface area contributed by atoms with Crippen LogP contribution in [0.2, 0.25) is 0 Å². The van der Waals surface area contributed by atoms with Gasteiger partial charge in [0.25, 0.3) is 5.91 Å². The zero-order valence-electron chi connectivity index (χ0n) is 12.5. The van der Waals surface area contributed by atoms with Crippen LogP contribution in [0.25, 0.3) is 0 Å². The predicted molar refractivity (Wildman–Crippen MR) is 83.5 cm³/mol. The van der Waals surface area contributed by atoms with E-state index in [-0.39, 0.29) is 5.91 Å². The Morgan fingerprint density at radius 2 is 2.10 bits per heavy atom. The molecule has 110 valence electrons. The van der Waals surface area contributed by atoms with E-state index in [0.29, 0.717) is 0 Å². The van der Waals surface area contributed by atoms with Crippen molar-refractivity contribution in [1.29, 1.82) is 0 Å². The second-order valence-electron chi connectivity index (χ2n) is 6.13. The predicted octanol–water partition coefficient (Wildman–Crippen LogP) is 2.65. The van der Waals surface area contributed by atoms with Crippen molar-refractivity contribution in [2.45, 2.75) is 33.1 Å². The Kier molecular flexibility index (Phi) is 4.13. The van der Waals surface area contributed by atoms with E-state index in [0.717, 1.165) is 57.0 Å². The lowest BCUT2D eigenvalue weighted by Crippen LogP contribution is -2.48. The van der Waals surface area contributed by atoms with Gasteiger partial charge in [0.1, 0.15) is 0 Å². The summed E-state index contributed by atoms with van der Waals surface area (Å²) < 4.78 is 0. The lowest BCUT2D eigenvalue weighted by Gasteiger charge is -2.34. The molecule has 1 amide bonds. The summed E-state index contributed by atoms with van der Waals surface area (Å²) >= 11 is 1.80. The summed E-state index contributed by atoms with van der Waals surface area (Å²) in [5.74, 6) is 1.05. The molecule has 0 N–H and O–H groups in total. The zero-order chi connectivity index (χ0) is 14.1. The summed E-state index contributed by atoms with van der Waals surface area (Å²) in [5, 5.41) is 2.11. The number of nitrogens with zero attached hydrogens (tertiary/aromatic N) is 2. The highest BCUT2D eigenvalue weighted by atomic mass is 32.1. The van der Waals surface area contributed by atoms with Gasteiger partial charge in [0.2, 0.25) is 0 Å². The van der Waals surface area contributed by atoms with Gasteiger partial charge in [0, 0.05) is 36.4 Å². The first-order valence-corrected chi connectivity index (χ1v) is 8.68. The van der Waals surface area contributed by atoms with Crippen LogP contribution in [0.4, 0.5) is 0 Å². The third-order valence-electron chi connectivity index (χ3n) is 4.74. The molecule has 2 aliphatic rings. The van der Waals surface area contributed by atoms with Crippen LogP contribution in [-0.4, -0.2) is 48.4 Å². The number of likely N-dealkylation sites (N-methyl/N-ethyl adjacent to an activating group) is 1. The molecule has 1 aliphatic carbocycles. The molecule has 1 atom stereocenters. The summed E-state index contributed by atoms with van der Waals surface area (Å²) in [4.78, 5) is 18.6. The highest BCUT2D eigenvalue weighted by molar-refractivity contribution is 7.10. The second-order valence-corrected chi connectivity index (χ2v) is 7.09.